The zero-order valence-electron chi connectivity index (χ0n) is 10.6. The number of carbonyl (C=O) groups excluding carboxylic acids is 1. The van der Waals surface area contributed by atoms with Crippen LogP contribution in [0, 0.1) is 0 Å². The Bertz CT molecular complexity index is 394. The minimum absolute atomic E-state index is 0.0564. The molecule has 1 aliphatic rings. The molecule has 0 radical (unpaired) electrons. The molecule has 1 aliphatic carbocycles. The average molecular weight is 249 g/mol. The van der Waals surface area contributed by atoms with E-state index < -0.39 is 0 Å². The van der Waals surface area contributed by atoms with E-state index in [-0.39, 0.29) is 18.1 Å². The predicted molar refractivity (Wildman–Crippen MR) is 68.7 cm³/mol. The molecule has 0 heterocycles. The van der Waals surface area contributed by atoms with Crippen molar-refractivity contribution in [2.24, 2.45) is 0 Å². The third-order valence-electron chi connectivity index (χ3n) is 3.38. The van der Waals surface area contributed by atoms with Gasteiger partial charge in [0.25, 0.3) is 5.91 Å². The van der Waals surface area contributed by atoms with Crippen LogP contribution in [0.5, 0.6) is 5.75 Å². The van der Waals surface area contributed by atoms with Gasteiger partial charge in [0, 0.05) is 11.6 Å². The van der Waals surface area contributed by atoms with Gasteiger partial charge in [0.2, 0.25) is 0 Å². The fourth-order valence-corrected chi connectivity index (χ4v) is 2.23. The molecule has 0 atom stereocenters. The zero-order chi connectivity index (χ0) is 13.0. The SMILES string of the molecule is COc1ccc(C(=O)NC2CCC(O)CC2)cc1. The number of hydrogen-bond acceptors (Lipinski definition) is 3. The van der Waals surface area contributed by atoms with Crippen LogP contribution in [-0.4, -0.2) is 30.3 Å². The lowest BCUT2D eigenvalue weighted by Gasteiger charge is -2.26. The van der Waals surface area contributed by atoms with Gasteiger partial charge in [-0.05, 0) is 49.9 Å². The largest absolute Gasteiger partial charge is 0.497 e. The molecule has 0 unspecified atom stereocenters. The average Bonchev–Trinajstić information content (AvgIpc) is 2.41. The third-order valence-corrected chi connectivity index (χ3v) is 3.38. The summed E-state index contributed by atoms with van der Waals surface area (Å²) in [5.74, 6) is 0.686. The molecule has 0 bridgehead atoms. The van der Waals surface area contributed by atoms with Crippen LogP contribution >= 0.6 is 0 Å². The lowest BCUT2D eigenvalue weighted by molar-refractivity contribution is 0.0867. The van der Waals surface area contributed by atoms with Crippen LogP contribution in [0.1, 0.15) is 36.0 Å². The van der Waals surface area contributed by atoms with Crippen LogP contribution < -0.4 is 10.1 Å². The monoisotopic (exact) mass is 249 g/mol. The molecule has 1 amide bonds. The van der Waals surface area contributed by atoms with Crippen molar-refractivity contribution in [2.45, 2.75) is 37.8 Å². The Kier molecular flexibility index (Phi) is 4.20. The number of aliphatic hydroxyl groups is 1. The summed E-state index contributed by atoms with van der Waals surface area (Å²) in [5, 5.41) is 12.4. The van der Waals surface area contributed by atoms with Crippen molar-refractivity contribution in [2.75, 3.05) is 7.11 Å². The third kappa shape index (κ3) is 3.23. The maximum atomic E-state index is 12.0. The highest BCUT2D eigenvalue weighted by Crippen LogP contribution is 2.19. The molecule has 1 saturated carbocycles. The highest BCUT2D eigenvalue weighted by molar-refractivity contribution is 5.94. The van der Waals surface area contributed by atoms with Crippen molar-refractivity contribution in [3.63, 3.8) is 0 Å². The topological polar surface area (TPSA) is 58.6 Å². The van der Waals surface area contributed by atoms with E-state index in [0.29, 0.717) is 5.56 Å². The molecule has 1 aromatic rings. The number of methoxy groups -OCH3 is 1. The second-order valence-corrected chi connectivity index (χ2v) is 4.71. The molecule has 98 valence electrons. The van der Waals surface area contributed by atoms with Crippen molar-refractivity contribution in [1.29, 1.82) is 0 Å². The molecule has 0 saturated heterocycles. The van der Waals surface area contributed by atoms with E-state index in [1.165, 1.54) is 0 Å². The molecular formula is C14H19NO3. The molecule has 18 heavy (non-hydrogen) atoms. The van der Waals surface area contributed by atoms with Gasteiger partial charge in [-0.1, -0.05) is 0 Å². The Labute approximate surface area is 107 Å². The van der Waals surface area contributed by atoms with Gasteiger partial charge in [0.15, 0.2) is 0 Å². The summed E-state index contributed by atoms with van der Waals surface area (Å²) in [6, 6.07) is 7.25. The first-order chi connectivity index (χ1) is 8.69. The summed E-state index contributed by atoms with van der Waals surface area (Å²) in [6.45, 7) is 0. The van der Waals surface area contributed by atoms with E-state index in [1.807, 2.05) is 0 Å². The maximum Gasteiger partial charge on any atom is 0.251 e. The minimum atomic E-state index is -0.195. The van der Waals surface area contributed by atoms with Crippen molar-refractivity contribution < 1.29 is 14.6 Å². The number of nitrogens with one attached hydrogen (secondary N) is 1. The Morgan fingerprint density at radius 1 is 1.22 bits per heavy atom. The number of ether oxygens (including phenoxy) is 1. The second-order valence-electron chi connectivity index (χ2n) is 4.71. The van der Waals surface area contributed by atoms with E-state index in [1.54, 1.807) is 31.4 Å². The Hall–Kier alpha value is -1.55. The van der Waals surface area contributed by atoms with Crippen LogP contribution in [0.3, 0.4) is 0 Å². The first kappa shape index (κ1) is 12.9. The van der Waals surface area contributed by atoms with Crippen molar-refractivity contribution in [3.8, 4) is 5.75 Å². The first-order valence-electron chi connectivity index (χ1n) is 6.32. The van der Waals surface area contributed by atoms with Gasteiger partial charge in [-0.2, -0.15) is 0 Å². The lowest BCUT2D eigenvalue weighted by Crippen LogP contribution is -2.38. The zero-order valence-corrected chi connectivity index (χ0v) is 10.6. The van der Waals surface area contributed by atoms with Gasteiger partial charge in [0.1, 0.15) is 5.75 Å². The van der Waals surface area contributed by atoms with Gasteiger partial charge in [-0.25, -0.2) is 0 Å². The maximum absolute atomic E-state index is 12.0. The second kappa shape index (κ2) is 5.87. The van der Waals surface area contributed by atoms with Crippen LogP contribution in [0.2, 0.25) is 0 Å². The Balaban J connectivity index is 1.90. The van der Waals surface area contributed by atoms with Crippen molar-refractivity contribution >= 4 is 5.91 Å². The van der Waals surface area contributed by atoms with Gasteiger partial charge in [-0.15, -0.1) is 0 Å². The molecule has 2 N–H and O–H groups in total. The van der Waals surface area contributed by atoms with Crippen LogP contribution in [0.25, 0.3) is 0 Å². The molecule has 1 fully saturated rings. The molecule has 0 aliphatic heterocycles. The number of rotatable bonds is 3. The smallest absolute Gasteiger partial charge is 0.251 e. The number of aliphatic hydroxyl groups excluding tert-OH is 1. The van der Waals surface area contributed by atoms with E-state index >= 15 is 0 Å². The number of hydrogen-bond donors (Lipinski definition) is 2. The van der Waals surface area contributed by atoms with E-state index in [9.17, 15) is 9.90 Å². The van der Waals surface area contributed by atoms with E-state index in [0.717, 1.165) is 31.4 Å². The summed E-state index contributed by atoms with van der Waals surface area (Å²) in [6.07, 6.45) is 3.05. The molecule has 1 aromatic carbocycles. The summed E-state index contributed by atoms with van der Waals surface area (Å²) in [4.78, 5) is 12.0. The summed E-state index contributed by atoms with van der Waals surface area (Å²) >= 11 is 0. The van der Waals surface area contributed by atoms with Gasteiger partial charge in [-0.3, -0.25) is 4.79 Å². The van der Waals surface area contributed by atoms with E-state index in [4.69, 9.17) is 4.74 Å². The highest BCUT2D eigenvalue weighted by atomic mass is 16.5. The van der Waals surface area contributed by atoms with Crippen molar-refractivity contribution in [3.05, 3.63) is 29.8 Å². The summed E-state index contributed by atoms with van der Waals surface area (Å²) in [7, 11) is 1.60. The fraction of sp³-hybridized carbons (Fsp3) is 0.500. The minimum Gasteiger partial charge on any atom is -0.497 e. The molecule has 0 aromatic heterocycles. The van der Waals surface area contributed by atoms with Crippen molar-refractivity contribution in [1.82, 2.24) is 5.32 Å². The lowest BCUT2D eigenvalue weighted by atomic mass is 9.93. The fourth-order valence-electron chi connectivity index (χ4n) is 2.23. The molecule has 4 heteroatoms. The number of carbonyl (C=O) groups is 1. The summed E-state index contributed by atoms with van der Waals surface area (Å²) in [5.41, 5.74) is 0.641. The quantitative estimate of drug-likeness (QED) is 0.857. The van der Waals surface area contributed by atoms with Gasteiger partial charge in [0.05, 0.1) is 13.2 Å². The predicted octanol–water partition coefficient (Wildman–Crippen LogP) is 1.73. The normalized spacial score (nSPS) is 23.4. The molecular weight excluding hydrogens is 230 g/mol. The number of amides is 1. The Morgan fingerprint density at radius 3 is 2.39 bits per heavy atom. The molecule has 0 spiro atoms. The first-order valence-corrected chi connectivity index (χ1v) is 6.32. The molecule has 2 rings (SSSR count). The van der Waals surface area contributed by atoms with Gasteiger partial charge < -0.3 is 15.2 Å². The highest BCUT2D eigenvalue weighted by Gasteiger charge is 2.21. The van der Waals surface area contributed by atoms with Crippen LogP contribution in [-0.2, 0) is 0 Å². The standard InChI is InChI=1S/C14H19NO3/c1-18-13-8-2-10(3-9-13)14(17)15-11-4-6-12(16)7-5-11/h2-3,8-9,11-12,16H,4-7H2,1H3,(H,15,17). The van der Waals surface area contributed by atoms with Crippen LogP contribution in [0.4, 0.5) is 0 Å². The summed E-state index contributed by atoms with van der Waals surface area (Å²) < 4.78 is 5.05. The molecule has 4 nitrogen and oxygen atoms in total. The van der Waals surface area contributed by atoms with Crippen LogP contribution in [0.15, 0.2) is 24.3 Å². The Morgan fingerprint density at radius 2 is 1.83 bits per heavy atom. The van der Waals surface area contributed by atoms with Gasteiger partial charge >= 0.3 is 0 Å². The number of benzene rings is 1. The van der Waals surface area contributed by atoms with E-state index in [2.05, 4.69) is 5.32 Å².